The minimum atomic E-state index is -0.939. The summed E-state index contributed by atoms with van der Waals surface area (Å²) in [5.41, 5.74) is 1.72. The minimum Gasteiger partial charge on any atom is -0.408 e. The van der Waals surface area contributed by atoms with E-state index in [1.165, 1.54) is 15.5 Å². The number of hydrogen-bond donors (Lipinski definition) is 0. The molecule has 1 amide bonds. The number of nitrogens with zero attached hydrogens (tertiary/aromatic N) is 2. The van der Waals surface area contributed by atoms with E-state index in [2.05, 4.69) is 0 Å². The number of para-hydroxylation sites is 2. The first-order chi connectivity index (χ1) is 12.9. The lowest BCUT2D eigenvalue weighted by atomic mass is 10.1. The molecule has 1 aromatic heterocycles. The van der Waals surface area contributed by atoms with Gasteiger partial charge < -0.3 is 9.32 Å². The quantitative estimate of drug-likeness (QED) is 0.658. The molecule has 0 saturated heterocycles. The van der Waals surface area contributed by atoms with Crippen molar-refractivity contribution in [2.24, 2.45) is 0 Å². The third-order valence-corrected chi connectivity index (χ3v) is 4.75. The number of aryl methyl sites for hydroxylation is 1. The Balaban J connectivity index is 1.62. The molecule has 1 atom stereocenters. The maximum atomic E-state index is 13.4. The van der Waals surface area contributed by atoms with E-state index in [1.807, 2.05) is 6.07 Å². The van der Waals surface area contributed by atoms with Crippen LogP contribution in [0.1, 0.15) is 31.4 Å². The molecule has 27 heavy (non-hydrogen) atoms. The normalized spacial score (nSPS) is 12.3. The van der Waals surface area contributed by atoms with Gasteiger partial charge in [0, 0.05) is 20.0 Å². The molecule has 0 aliphatic carbocycles. The van der Waals surface area contributed by atoms with Gasteiger partial charge in [0.05, 0.1) is 11.6 Å². The number of benzene rings is 2. The summed E-state index contributed by atoms with van der Waals surface area (Å²) in [4.78, 5) is 25.9. The summed E-state index contributed by atoms with van der Waals surface area (Å²) in [6.07, 6.45) is 0.674. The molecule has 1 heterocycles. The molecule has 7 heteroatoms. The van der Waals surface area contributed by atoms with Crippen molar-refractivity contribution < 1.29 is 18.0 Å². The number of oxazole rings is 1. The fourth-order valence-corrected chi connectivity index (χ4v) is 3.00. The fraction of sp³-hybridized carbons (Fsp3) is 0.300. The van der Waals surface area contributed by atoms with Gasteiger partial charge in [-0.3, -0.25) is 9.36 Å². The van der Waals surface area contributed by atoms with Gasteiger partial charge in [-0.25, -0.2) is 13.6 Å². The van der Waals surface area contributed by atoms with E-state index in [4.69, 9.17) is 4.42 Å². The van der Waals surface area contributed by atoms with E-state index in [0.717, 1.165) is 12.1 Å². The van der Waals surface area contributed by atoms with Crippen molar-refractivity contribution in [2.45, 2.75) is 32.4 Å². The van der Waals surface area contributed by atoms with Gasteiger partial charge in [-0.2, -0.15) is 0 Å². The van der Waals surface area contributed by atoms with Crippen LogP contribution < -0.4 is 5.76 Å². The first kappa shape index (κ1) is 18.8. The molecule has 0 radical (unpaired) electrons. The molecule has 2 aromatic carbocycles. The summed E-state index contributed by atoms with van der Waals surface area (Å²) < 4.78 is 33.2. The van der Waals surface area contributed by atoms with E-state index in [1.54, 1.807) is 32.2 Å². The number of fused-ring (bicyclic) bond motifs is 1. The molecule has 0 N–H and O–H groups in total. The molecule has 5 nitrogen and oxygen atoms in total. The third-order valence-electron chi connectivity index (χ3n) is 4.75. The standard InChI is InChI=1S/C20H20F2N2O3/c1-13(14-9-10-15(21)16(22)12-14)23(2)19(25)8-5-11-24-17-6-3-4-7-18(17)27-20(24)26/h3-4,6-7,9-10,12-13H,5,8,11H2,1-2H3/t13-/m1/s1. The minimum absolute atomic E-state index is 0.145. The maximum Gasteiger partial charge on any atom is 0.419 e. The number of amides is 1. The number of rotatable bonds is 6. The van der Waals surface area contributed by atoms with Crippen molar-refractivity contribution in [3.63, 3.8) is 0 Å². The van der Waals surface area contributed by atoms with Gasteiger partial charge in [0.1, 0.15) is 0 Å². The van der Waals surface area contributed by atoms with Crippen LogP contribution in [0.2, 0.25) is 0 Å². The number of aromatic nitrogens is 1. The lowest BCUT2D eigenvalue weighted by Crippen LogP contribution is -2.30. The molecular formula is C20H20F2N2O3. The van der Waals surface area contributed by atoms with Crippen LogP contribution in [0.15, 0.2) is 51.7 Å². The van der Waals surface area contributed by atoms with Crippen molar-refractivity contribution in [1.29, 1.82) is 0 Å². The lowest BCUT2D eigenvalue weighted by Gasteiger charge is -2.25. The average molecular weight is 374 g/mol. The Kier molecular flexibility index (Phi) is 5.39. The highest BCUT2D eigenvalue weighted by Crippen LogP contribution is 2.22. The zero-order chi connectivity index (χ0) is 19.6. The van der Waals surface area contributed by atoms with Crippen LogP contribution in [0.5, 0.6) is 0 Å². The van der Waals surface area contributed by atoms with Gasteiger partial charge in [-0.1, -0.05) is 18.2 Å². The zero-order valence-corrected chi connectivity index (χ0v) is 15.1. The monoisotopic (exact) mass is 374 g/mol. The number of hydrogen-bond acceptors (Lipinski definition) is 3. The van der Waals surface area contributed by atoms with Crippen LogP contribution in [0.25, 0.3) is 11.1 Å². The molecule has 0 aliphatic rings. The van der Waals surface area contributed by atoms with Gasteiger partial charge in [0.25, 0.3) is 0 Å². The SMILES string of the molecule is C[C@H](c1ccc(F)c(F)c1)N(C)C(=O)CCCn1c(=O)oc2ccccc21. The molecule has 3 rings (SSSR count). The second kappa shape index (κ2) is 7.73. The molecule has 0 unspecified atom stereocenters. The summed E-state index contributed by atoms with van der Waals surface area (Å²) in [6, 6.07) is 10.3. The summed E-state index contributed by atoms with van der Waals surface area (Å²) in [5, 5.41) is 0. The summed E-state index contributed by atoms with van der Waals surface area (Å²) in [7, 11) is 1.62. The van der Waals surface area contributed by atoms with Crippen LogP contribution in [-0.2, 0) is 11.3 Å². The predicted octanol–water partition coefficient (Wildman–Crippen LogP) is 3.87. The molecule has 142 valence electrons. The van der Waals surface area contributed by atoms with Crippen LogP contribution in [0.3, 0.4) is 0 Å². The van der Waals surface area contributed by atoms with E-state index in [0.29, 0.717) is 29.6 Å². The molecular weight excluding hydrogens is 354 g/mol. The molecule has 0 fully saturated rings. The fourth-order valence-electron chi connectivity index (χ4n) is 3.00. The molecule has 3 aromatic rings. The summed E-state index contributed by atoms with van der Waals surface area (Å²) in [5.74, 6) is -2.45. The second-order valence-electron chi connectivity index (χ2n) is 6.45. The predicted molar refractivity (Wildman–Crippen MR) is 97.3 cm³/mol. The highest BCUT2D eigenvalue weighted by molar-refractivity contribution is 5.76. The van der Waals surface area contributed by atoms with Gasteiger partial charge in [-0.05, 0) is 43.2 Å². The smallest absolute Gasteiger partial charge is 0.408 e. The molecule has 0 spiro atoms. The Morgan fingerprint density at radius 2 is 1.93 bits per heavy atom. The number of carbonyl (C=O) groups is 1. The Morgan fingerprint density at radius 1 is 1.19 bits per heavy atom. The van der Waals surface area contributed by atoms with Crippen LogP contribution in [0.4, 0.5) is 8.78 Å². The van der Waals surface area contributed by atoms with Gasteiger partial charge >= 0.3 is 5.76 Å². The topological polar surface area (TPSA) is 55.5 Å². The Labute approximate surface area is 154 Å². The Bertz CT molecular complexity index is 1030. The van der Waals surface area contributed by atoms with Crippen LogP contribution >= 0.6 is 0 Å². The first-order valence-electron chi connectivity index (χ1n) is 8.67. The third kappa shape index (κ3) is 3.92. The Morgan fingerprint density at radius 3 is 2.67 bits per heavy atom. The van der Waals surface area contributed by atoms with Gasteiger partial charge in [0.2, 0.25) is 5.91 Å². The largest absolute Gasteiger partial charge is 0.419 e. The van der Waals surface area contributed by atoms with Crippen molar-refractivity contribution >= 4 is 17.0 Å². The van der Waals surface area contributed by atoms with Crippen molar-refractivity contribution in [3.8, 4) is 0 Å². The summed E-state index contributed by atoms with van der Waals surface area (Å²) in [6.45, 7) is 2.10. The number of halogens is 2. The van der Waals surface area contributed by atoms with E-state index in [9.17, 15) is 18.4 Å². The highest BCUT2D eigenvalue weighted by atomic mass is 19.2. The van der Waals surface area contributed by atoms with E-state index in [-0.39, 0.29) is 12.3 Å². The van der Waals surface area contributed by atoms with Gasteiger partial charge in [-0.15, -0.1) is 0 Å². The summed E-state index contributed by atoms with van der Waals surface area (Å²) >= 11 is 0. The van der Waals surface area contributed by atoms with Crippen molar-refractivity contribution in [1.82, 2.24) is 9.47 Å². The van der Waals surface area contributed by atoms with Gasteiger partial charge in [0.15, 0.2) is 17.2 Å². The van der Waals surface area contributed by atoms with E-state index >= 15 is 0 Å². The molecule has 0 saturated carbocycles. The molecule has 0 aliphatic heterocycles. The second-order valence-corrected chi connectivity index (χ2v) is 6.45. The Hall–Kier alpha value is -2.96. The zero-order valence-electron chi connectivity index (χ0n) is 15.1. The van der Waals surface area contributed by atoms with Crippen molar-refractivity contribution in [3.05, 3.63) is 70.2 Å². The first-order valence-corrected chi connectivity index (χ1v) is 8.67. The average Bonchev–Trinajstić information content (AvgIpc) is 2.98. The van der Waals surface area contributed by atoms with E-state index < -0.39 is 23.4 Å². The lowest BCUT2D eigenvalue weighted by molar-refractivity contribution is -0.132. The highest BCUT2D eigenvalue weighted by Gasteiger charge is 2.19. The van der Waals surface area contributed by atoms with Crippen molar-refractivity contribution in [2.75, 3.05) is 7.05 Å². The number of carbonyl (C=O) groups excluding carboxylic acids is 1. The maximum absolute atomic E-state index is 13.4. The van der Waals surface area contributed by atoms with Crippen LogP contribution in [0, 0.1) is 11.6 Å². The molecule has 0 bridgehead atoms. The van der Waals surface area contributed by atoms with Crippen LogP contribution in [-0.4, -0.2) is 22.4 Å².